The Hall–Kier alpha value is -1.97. The number of benzene rings is 1. The van der Waals surface area contributed by atoms with E-state index in [1.165, 1.54) is 11.8 Å². The minimum atomic E-state index is -0.165. The molecule has 1 heterocycles. The van der Waals surface area contributed by atoms with Crippen LogP contribution in [0.2, 0.25) is 0 Å². The van der Waals surface area contributed by atoms with Crippen LogP contribution >= 0.6 is 11.8 Å². The van der Waals surface area contributed by atoms with Gasteiger partial charge < -0.3 is 14.3 Å². The van der Waals surface area contributed by atoms with E-state index in [-0.39, 0.29) is 6.61 Å². The summed E-state index contributed by atoms with van der Waals surface area (Å²) in [5.74, 6) is 7.50. The average Bonchev–Trinajstić information content (AvgIpc) is 2.89. The summed E-state index contributed by atoms with van der Waals surface area (Å²) in [4.78, 5) is 0. The van der Waals surface area contributed by atoms with Crippen molar-refractivity contribution in [3.05, 3.63) is 35.2 Å². The second-order valence-electron chi connectivity index (χ2n) is 3.86. The Morgan fingerprint density at radius 1 is 1.40 bits per heavy atom. The number of methoxy groups -OCH3 is 1. The first-order chi connectivity index (χ1) is 9.72. The number of rotatable bonds is 4. The number of hydrogen-bond acceptors (Lipinski definition) is 6. The smallest absolute Gasteiger partial charge is 0.276 e. The maximum absolute atomic E-state index is 8.79. The van der Waals surface area contributed by atoms with Crippen molar-refractivity contribution in [2.75, 3.05) is 13.7 Å². The van der Waals surface area contributed by atoms with Crippen LogP contribution in [0.1, 0.15) is 17.0 Å². The monoisotopic (exact) mass is 290 g/mol. The molecule has 1 aromatic carbocycles. The molecule has 0 fully saturated rings. The number of aryl methyl sites for hydroxylation is 1. The molecule has 0 bridgehead atoms. The molecule has 0 spiro atoms. The summed E-state index contributed by atoms with van der Waals surface area (Å²) in [6, 6.07) is 5.63. The van der Waals surface area contributed by atoms with Crippen LogP contribution in [0.3, 0.4) is 0 Å². The lowest BCUT2D eigenvalue weighted by Crippen LogP contribution is -1.91. The summed E-state index contributed by atoms with van der Waals surface area (Å²) in [6.45, 7) is 1.59. The molecule has 5 nitrogen and oxygen atoms in total. The summed E-state index contributed by atoms with van der Waals surface area (Å²) in [5, 5.41) is 17.0. The zero-order chi connectivity index (χ0) is 14.4. The second kappa shape index (κ2) is 6.98. The first kappa shape index (κ1) is 14.4. The van der Waals surface area contributed by atoms with E-state index in [1.807, 2.05) is 18.2 Å². The number of aliphatic hydroxyl groups excluding tert-OH is 1. The van der Waals surface area contributed by atoms with E-state index in [0.29, 0.717) is 16.9 Å². The summed E-state index contributed by atoms with van der Waals surface area (Å²) >= 11 is 1.44. The summed E-state index contributed by atoms with van der Waals surface area (Å²) in [6.07, 6.45) is 0. The van der Waals surface area contributed by atoms with Gasteiger partial charge in [-0.05, 0) is 23.8 Å². The van der Waals surface area contributed by atoms with E-state index in [9.17, 15) is 0 Å². The molecule has 1 N–H and O–H groups in total. The normalized spacial score (nSPS) is 9.95. The van der Waals surface area contributed by atoms with Gasteiger partial charge in [0.2, 0.25) is 5.89 Å². The molecule has 0 amide bonds. The fourth-order valence-corrected chi connectivity index (χ4v) is 2.35. The number of aromatic nitrogens is 2. The lowest BCUT2D eigenvalue weighted by Gasteiger charge is -2.06. The summed E-state index contributed by atoms with van der Waals surface area (Å²) < 4.78 is 10.5. The Bertz CT molecular complexity index is 643. The fraction of sp³-hybridized carbons (Fsp3) is 0.286. The maximum Gasteiger partial charge on any atom is 0.276 e. The summed E-state index contributed by atoms with van der Waals surface area (Å²) in [5.41, 5.74) is 1.84. The Kier molecular flexibility index (Phi) is 5.04. The molecule has 0 saturated carbocycles. The standard InChI is InChI=1S/C14H14N2O3S/c1-10-15-16-14(19-10)20-9-12-8-13(18-2)6-5-11(12)4-3-7-17/h5-6,8,17H,7,9H2,1-2H3. The molecule has 104 valence electrons. The highest BCUT2D eigenvalue weighted by Gasteiger charge is 2.07. The van der Waals surface area contributed by atoms with Crippen molar-refractivity contribution in [3.63, 3.8) is 0 Å². The Balaban J connectivity index is 2.18. The highest BCUT2D eigenvalue weighted by Crippen LogP contribution is 2.25. The molecule has 0 aliphatic heterocycles. The van der Waals surface area contributed by atoms with Crippen molar-refractivity contribution >= 4 is 11.8 Å². The third-order valence-corrected chi connectivity index (χ3v) is 3.34. The van der Waals surface area contributed by atoms with Crippen molar-refractivity contribution in [2.45, 2.75) is 17.9 Å². The van der Waals surface area contributed by atoms with Gasteiger partial charge in [0.15, 0.2) is 0 Å². The van der Waals surface area contributed by atoms with Gasteiger partial charge in [0.05, 0.1) is 7.11 Å². The molecule has 6 heteroatoms. The Morgan fingerprint density at radius 3 is 2.90 bits per heavy atom. The molecule has 2 aromatic rings. The van der Waals surface area contributed by atoms with E-state index in [2.05, 4.69) is 22.0 Å². The van der Waals surface area contributed by atoms with Crippen LogP contribution in [0.15, 0.2) is 27.8 Å². The molecule has 0 saturated heterocycles. The number of nitrogens with zero attached hydrogens (tertiary/aromatic N) is 2. The molecule has 2 rings (SSSR count). The average molecular weight is 290 g/mol. The van der Waals surface area contributed by atoms with Crippen molar-refractivity contribution in [2.24, 2.45) is 0 Å². The van der Waals surface area contributed by atoms with Gasteiger partial charge in [-0.2, -0.15) is 0 Å². The van der Waals surface area contributed by atoms with Crippen molar-refractivity contribution in [3.8, 4) is 17.6 Å². The van der Waals surface area contributed by atoms with Gasteiger partial charge in [0.25, 0.3) is 5.22 Å². The van der Waals surface area contributed by atoms with E-state index >= 15 is 0 Å². The van der Waals surface area contributed by atoms with Gasteiger partial charge in [-0.25, -0.2) is 0 Å². The van der Waals surface area contributed by atoms with Gasteiger partial charge in [0.1, 0.15) is 12.4 Å². The van der Waals surface area contributed by atoms with Gasteiger partial charge in [-0.1, -0.05) is 23.6 Å². The lowest BCUT2D eigenvalue weighted by molar-refractivity contribution is 0.350. The molecule has 0 aliphatic carbocycles. The minimum absolute atomic E-state index is 0.165. The molecule has 20 heavy (non-hydrogen) atoms. The molecule has 0 unspecified atom stereocenters. The number of hydrogen-bond donors (Lipinski definition) is 1. The molecule has 1 aromatic heterocycles. The van der Waals surface area contributed by atoms with E-state index in [0.717, 1.165) is 16.9 Å². The Morgan fingerprint density at radius 2 is 2.25 bits per heavy atom. The number of aliphatic hydroxyl groups is 1. The molecular formula is C14H14N2O3S. The van der Waals surface area contributed by atoms with Crippen molar-refractivity contribution in [1.82, 2.24) is 10.2 Å². The predicted molar refractivity (Wildman–Crippen MR) is 75.6 cm³/mol. The van der Waals surface area contributed by atoms with Crippen LogP contribution in [-0.4, -0.2) is 29.0 Å². The van der Waals surface area contributed by atoms with Crippen LogP contribution in [-0.2, 0) is 5.75 Å². The van der Waals surface area contributed by atoms with Crippen LogP contribution in [0, 0.1) is 18.8 Å². The van der Waals surface area contributed by atoms with Gasteiger partial charge >= 0.3 is 0 Å². The van der Waals surface area contributed by atoms with Gasteiger partial charge in [0, 0.05) is 18.2 Å². The predicted octanol–water partition coefficient (Wildman–Crippen LogP) is 2.02. The Labute approximate surface area is 121 Å². The van der Waals surface area contributed by atoms with Crippen molar-refractivity contribution < 1.29 is 14.3 Å². The van der Waals surface area contributed by atoms with Crippen LogP contribution < -0.4 is 4.74 Å². The zero-order valence-corrected chi connectivity index (χ0v) is 12.0. The van der Waals surface area contributed by atoms with E-state index in [4.69, 9.17) is 14.3 Å². The van der Waals surface area contributed by atoms with Gasteiger partial charge in [-0.3, -0.25) is 0 Å². The quantitative estimate of drug-likeness (QED) is 0.686. The molecular weight excluding hydrogens is 276 g/mol. The van der Waals surface area contributed by atoms with Gasteiger partial charge in [-0.15, -0.1) is 10.2 Å². The highest BCUT2D eigenvalue weighted by atomic mass is 32.2. The summed E-state index contributed by atoms with van der Waals surface area (Å²) in [7, 11) is 1.62. The minimum Gasteiger partial charge on any atom is -0.497 e. The lowest BCUT2D eigenvalue weighted by atomic mass is 10.1. The fourth-order valence-electron chi connectivity index (χ4n) is 1.55. The van der Waals surface area contributed by atoms with E-state index < -0.39 is 0 Å². The topological polar surface area (TPSA) is 68.4 Å². The SMILES string of the molecule is COc1ccc(C#CCO)c(CSc2nnc(C)o2)c1. The zero-order valence-electron chi connectivity index (χ0n) is 11.2. The number of ether oxygens (including phenoxy) is 1. The van der Waals surface area contributed by atoms with Crippen LogP contribution in [0.5, 0.6) is 5.75 Å². The first-order valence-corrected chi connectivity index (χ1v) is 6.91. The van der Waals surface area contributed by atoms with Crippen LogP contribution in [0.4, 0.5) is 0 Å². The third kappa shape index (κ3) is 3.76. The molecule has 0 atom stereocenters. The number of thioether (sulfide) groups is 1. The second-order valence-corrected chi connectivity index (χ2v) is 4.79. The highest BCUT2D eigenvalue weighted by molar-refractivity contribution is 7.98. The van der Waals surface area contributed by atoms with Crippen LogP contribution in [0.25, 0.3) is 0 Å². The first-order valence-electron chi connectivity index (χ1n) is 5.92. The maximum atomic E-state index is 8.79. The third-order valence-electron chi connectivity index (χ3n) is 2.47. The van der Waals surface area contributed by atoms with Crippen molar-refractivity contribution in [1.29, 1.82) is 0 Å². The van der Waals surface area contributed by atoms with E-state index in [1.54, 1.807) is 14.0 Å². The molecule has 0 aliphatic rings. The largest absolute Gasteiger partial charge is 0.497 e. The molecule has 0 radical (unpaired) electrons.